The summed E-state index contributed by atoms with van der Waals surface area (Å²) in [7, 11) is 3.40. The highest BCUT2D eigenvalue weighted by Crippen LogP contribution is 1.89. The van der Waals surface area contributed by atoms with E-state index in [0.717, 1.165) is 0 Å². The number of ketones is 1. The van der Waals surface area contributed by atoms with Crippen LogP contribution >= 0.6 is 0 Å². The molecule has 64 valence electrons. The molecule has 0 bridgehead atoms. The molecule has 1 amide bonds. The molecule has 0 radical (unpaired) electrons. The predicted molar refractivity (Wildman–Crippen MR) is 42.0 cm³/mol. The number of carbonyl (C=O) groups excluding carboxylic acids is 2. The van der Waals surface area contributed by atoms with Crippen molar-refractivity contribution < 1.29 is 9.59 Å². The van der Waals surface area contributed by atoms with E-state index >= 15 is 0 Å². The van der Waals surface area contributed by atoms with E-state index in [-0.39, 0.29) is 18.1 Å². The normalized spacial score (nSPS) is 9.36. The topological polar surface area (TPSA) is 49.4 Å². The van der Waals surface area contributed by atoms with Gasteiger partial charge in [0.1, 0.15) is 5.78 Å². The molecule has 0 saturated carbocycles. The van der Waals surface area contributed by atoms with E-state index in [1.54, 1.807) is 14.1 Å². The van der Waals surface area contributed by atoms with Crippen LogP contribution in [0.5, 0.6) is 0 Å². The Bertz CT molecular complexity index is 157. The van der Waals surface area contributed by atoms with Crippen molar-refractivity contribution in [3.63, 3.8) is 0 Å². The maximum Gasteiger partial charge on any atom is 0.230 e. The van der Waals surface area contributed by atoms with Crippen LogP contribution in [0.25, 0.3) is 0 Å². The van der Waals surface area contributed by atoms with E-state index in [1.807, 2.05) is 0 Å². The van der Waals surface area contributed by atoms with Gasteiger partial charge in [-0.15, -0.1) is 0 Å². The number of nitrogens with zero attached hydrogens (tertiary/aromatic N) is 1. The summed E-state index contributed by atoms with van der Waals surface area (Å²) >= 11 is 0. The van der Waals surface area contributed by atoms with Crippen LogP contribution in [-0.2, 0) is 9.59 Å². The summed E-state index contributed by atoms with van der Waals surface area (Å²) in [6.07, 6.45) is -0.00181. The fraction of sp³-hybridized carbons (Fsp3) is 0.714. The highest BCUT2D eigenvalue weighted by molar-refractivity contribution is 5.96. The molecule has 0 rings (SSSR count). The molecule has 0 aliphatic rings. The third-order valence-corrected chi connectivity index (χ3v) is 1.22. The number of hydrogen-bond acceptors (Lipinski definition) is 3. The molecule has 0 aliphatic heterocycles. The second kappa shape index (κ2) is 4.85. The molecule has 0 aromatic heterocycles. The molecule has 4 heteroatoms. The molecule has 4 nitrogen and oxygen atoms in total. The van der Waals surface area contributed by atoms with Crippen LogP contribution in [0, 0.1) is 0 Å². The average molecular weight is 158 g/mol. The quantitative estimate of drug-likeness (QED) is 0.447. The molecule has 0 atom stereocenters. The minimum atomic E-state index is -0.146. The molecule has 0 spiro atoms. The Morgan fingerprint density at radius 1 is 1.45 bits per heavy atom. The summed E-state index contributed by atoms with van der Waals surface area (Å²) in [5.74, 6) is -0.246. The maximum atomic E-state index is 11.0. The first-order valence-corrected chi connectivity index (χ1v) is 3.46. The zero-order valence-corrected chi connectivity index (χ0v) is 7.18. The monoisotopic (exact) mass is 158 g/mol. The summed E-state index contributed by atoms with van der Waals surface area (Å²) in [5.41, 5.74) is 0. The van der Waals surface area contributed by atoms with Crippen molar-refractivity contribution in [3.8, 4) is 0 Å². The lowest BCUT2D eigenvalue weighted by Crippen LogP contribution is -2.34. The Hall–Kier alpha value is -0.900. The van der Waals surface area contributed by atoms with Gasteiger partial charge in [-0.3, -0.25) is 9.59 Å². The van der Waals surface area contributed by atoms with Crippen molar-refractivity contribution in [2.45, 2.75) is 13.3 Å². The van der Waals surface area contributed by atoms with Crippen molar-refractivity contribution in [3.05, 3.63) is 0 Å². The fourth-order valence-corrected chi connectivity index (χ4v) is 0.673. The summed E-state index contributed by atoms with van der Waals surface area (Å²) in [6, 6.07) is 0. The van der Waals surface area contributed by atoms with Crippen LogP contribution in [0.15, 0.2) is 0 Å². The molecule has 0 saturated heterocycles. The summed E-state index contributed by atoms with van der Waals surface area (Å²) in [5, 5.41) is 2.82. The van der Waals surface area contributed by atoms with Crippen molar-refractivity contribution in [1.29, 1.82) is 0 Å². The van der Waals surface area contributed by atoms with E-state index in [9.17, 15) is 9.59 Å². The third kappa shape index (κ3) is 4.50. The van der Waals surface area contributed by atoms with E-state index < -0.39 is 0 Å². The van der Waals surface area contributed by atoms with Crippen molar-refractivity contribution >= 4 is 11.7 Å². The minimum absolute atomic E-state index is 0.00181. The standard InChI is InChI=1S/C7H14N2O2/c1-6(10)4-7(11)9(3)5-8-2/h8H,4-5H2,1-3H3. The number of amides is 1. The van der Waals surface area contributed by atoms with Crippen LogP contribution in [0.1, 0.15) is 13.3 Å². The lowest BCUT2D eigenvalue weighted by Gasteiger charge is -2.14. The van der Waals surface area contributed by atoms with Gasteiger partial charge in [0, 0.05) is 7.05 Å². The number of carbonyl (C=O) groups is 2. The molecule has 11 heavy (non-hydrogen) atoms. The third-order valence-electron chi connectivity index (χ3n) is 1.22. The van der Waals surface area contributed by atoms with Crippen LogP contribution in [-0.4, -0.2) is 37.4 Å². The Morgan fingerprint density at radius 3 is 2.36 bits per heavy atom. The Balaban J connectivity index is 3.73. The number of nitrogens with one attached hydrogen (secondary N) is 1. The fourth-order valence-electron chi connectivity index (χ4n) is 0.673. The summed E-state index contributed by atoms with van der Waals surface area (Å²) in [6.45, 7) is 1.89. The van der Waals surface area contributed by atoms with E-state index in [2.05, 4.69) is 5.32 Å². The van der Waals surface area contributed by atoms with Gasteiger partial charge in [-0.2, -0.15) is 0 Å². The lowest BCUT2D eigenvalue weighted by molar-refractivity contribution is -0.133. The van der Waals surface area contributed by atoms with Crippen molar-refractivity contribution in [1.82, 2.24) is 10.2 Å². The first-order valence-electron chi connectivity index (χ1n) is 3.46. The van der Waals surface area contributed by atoms with Crippen LogP contribution < -0.4 is 5.32 Å². The average Bonchev–Trinajstić information content (AvgIpc) is 1.86. The van der Waals surface area contributed by atoms with E-state index in [0.29, 0.717) is 6.67 Å². The molecular formula is C7H14N2O2. The predicted octanol–water partition coefficient (Wildman–Crippen LogP) is -0.399. The minimum Gasteiger partial charge on any atom is -0.333 e. The zero-order chi connectivity index (χ0) is 8.85. The van der Waals surface area contributed by atoms with Gasteiger partial charge in [0.2, 0.25) is 5.91 Å². The van der Waals surface area contributed by atoms with Crippen molar-refractivity contribution in [2.75, 3.05) is 20.8 Å². The maximum absolute atomic E-state index is 11.0. The smallest absolute Gasteiger partial charge is 0.230 e. The van der Waals surface area contributed by atoms with Crippen LogP contribution in [0.4, 0.5) is 0 Å². The summed E-state index contributed by atoms with van der Waals surface area (Å²) in [4.78, 5) is 23.0. The lowest BCUT2D eigenvalue weighted by atomic mass is 10.3. The summed E-state index contributed by atoms with van der Waals surface area (Å²) < 4.78 is 0. The van der Waals surface area contributed by atoms with E-state index in [1.165, 1.54) is 11.8 Å². The molecular weight excluding hydrogens is 144 g/mol. The first-order chi connectivity index (χ1) is 5.07. The number of rotatable bonds is 4. The molecule has 0 aliphatic carbocycles. The van der Waals surface area contributed by atoms with Gasteiger partial charge in [0.15, 0.2) is 0 Å². The largest absolute Gasteiger partial charge is 0.333 e. The van der Waals surface area contributed by atoms with Crippen LogP contribution in [0.2, 0.25) is 0 Å². The molecule has 0 unspecified atom stereocenters. The molecule has 0 heterocycles. The molecule has 0 aromatic carbocycles. The second-order valence-corrected chi connectivity index (χ2v) is 2.48. The van der Waals surface area contributed by atoms with Gasteiger partial charge < -0.3 is 10.2 Å². The van der Waals surface area contributed by atoms with E-state index in [4.69, 9.17) is 0 Å². The zero-order valence-electron chi connectivity index (χ0n) is 7.18. The SMILES string of the molecule is CNCN(C)C(=O)CC(C)=O. The molecule has 0 fully saturated rings. The van der Waals surface area contributed by atoms with Gasteiger partial charge in [0.25, 0.3) is 0 Å². The van der Waals surface area contributed by atoms with Gasteiger partial charge >= 0.3 is 0 Å². The number of hydrogen-bond donors (Lipinski definition) is 1. The first kappa shape index (κ1) is 10.1. The molecule has 1 N–H and O–H groups in total. The molecule has 0 aromatic rings. The second-order valence-electron chi connectivity index (χ2n) is 2.48. The number of Topliss-reactive ketones (excluding diaryl/α,β-unsaturated/α-hetero) is 1. The van der Waals surface area contributed by atoms with Gasteiger partial charge in [-0.1, -0.05) is 0 Å². The van der Waals surface area contributed by atoms with Gasteiger partial charge in [-0.05, 0) is 14.0 Å². The Labute approximate surface area is 66.6 Å². The highest BCUT2D eigenvalue weighted by Gasteiger charge is 2.08. The van der Waals surface area contributed by atoms with Gasteiger partial charge in [-0.25, -0.2) is 0 Å². The Morgan fingerprint density at radius 2 is 2.00 bits per heavy atom. The Kier molecular flexibility index (Phi) is 4.45. The highest BCUT2D eigenvalue weighted by atomic mass is 16.2. The van der Waals surface area contributed by atoms with Crippen LogP contribution in [0.3, 0.4) is 0 Å². The van der Waals surface area contributed by atoms with Gasteiger partial charge in [0.05, 0.1) is 13.1 Å². The van der Waals surface area contributed by atoms with Crippen molar-refractivity contribution in [2.24, 2.45) is 0 Å².